The van der Waals surface area contributed by atoms with Crippen molar-refractivity contribution >= 4 is 17.5 Å². The van der Waals surface area contributed by atoms with Crippen molar-refractivity contribution in [1.82, 2.24) is 0 Å². The van der Waals surface area contributed by atoms with Gasteiger partial charge in [0.15, 0.2) is 5.78 Å². The van der Waals surface area contributed by atoms with Gasteiger partial charge in [-0.2, -0.15) is 0 Å². The minimum Gasteiger partial charge on any atom is -0.479 e. The molecular formula is C54H104O5. The third-order valence-corrected chi connectivity index (χ3v) is 13.3. The Hall–Kier alpha value is -1.23. The Morgan fingerprint density at radius 1 is 0.356 bits per heavy atom. The number of hydrogen-bond donors (Lipinski definition) is 2. The fourth-order valence-electron chi connectivity index (χ4n) is 9.04. The first-order valence-electron chi connectivity index (χ1n) is 26.8. The molecular weight excluding hydrogens is 729 g/mol. The van der Waals surface area contributed by atoms with Crippen molar-refractivity contribution in [3.8, 4) is 0 Å². The summed E-state index contributed by atoms with van der Waals surface area (Å²) in [6.07, 6.45) is 53.6. The summed E-state index contributed by atoms with van der Waals surface area (Å²) in [7, 11) is 0. The van der Waals surface area contributed by atoms with Gasteiger partial charge in [-0.15, -0.1) is 0 Å². The number of carbonyl (C=O) groups is 3. The molecule has 0 radical (unpaired) electrons. The summed E-state index contributed by atoms with van der Waals surface area (Å²) in [5, 5.41) is 20.6. The van der Waals surface area contributed by atoms with Crippen molar-refractivity contribution in [3.05, 3.63) is 0 Å². The Morgan fingerprint density at radius 2 is 0.610 bits per heavy atom. The van der Waals surface area contributed by atoms with Crippen molar-refractivity contribution < 1.29 is 24.6 Å². The third-order valence-electron chi connectivity index (χ3n) is 13.3. The van der Waals surface area contributed by atoms with Gasteiger partial charge in [-0.05, 0) is 38.5 Å². The predicted molar refractivity (Wildman–Crippen MR) is 255 cm³/mol. The normalized spacial score (nSPS) is 13.2. The second-order valence-corrected chi connectivity index (χ2v) is 19.0. The Balaban J connectivity index is 4.07. The van der Waals surface area contributed by atoms with Crippen molar-refractivity contribution in [3.63, 3.8) is 0 Å². The topological polar surface area (TPSA) is 91.7 Å². The van der Waals surface area contributed by atoms with E-state index in [2.05, 4.69) is 20.8 Å². The number of ketones is 2. The summed E-state index contributed by atoms with van der Waals surface area (Å²) in [5.41, 5.74) is -2.24. The number of rotatable bonds is 50. The summed E-state index contributed by atoms with van der Waals surface area (Å²) in [6.45, 7) is 6.79. The van der Waals surface area contributed by atoms with Crippen LogP contribution >= 0.6 is 0 Å². The van der Waals surface area contributed by atoms with Crippen LogP contribution in [-0.4, -0.2) is 33.3 Å². The lowest BCUT2D eigenvalue weighted by atomic mass is 9.88. The molecule has 2 atom stereocenters. The van der Waals surface area contributed by atoms with E-state index in [1.165, 1.54) is 193 Å². The van der Waals surface area contributed by atoms with Gasteiger partial charge in [0, 0.05) is 18.8 Å². The number of carboxylic acids is 1. The van der Waals surface area contributed by atoms with Crippen LogP contribution in [0.15, 0.2) is 0 Å². The summed E-state index contributed by atoms with van der Waals surface area (Å²) in [4.78, 5) is 38.0. The molecule has 0 aliphatic carbocycles. The maximum absolute atomic E-state index is 13.3. The number of aliphatic carboxylic acids is 1. The first-order chi connectivity index (χ1) is 28.8. The smallest absolute Gasteiger partial charge is 0.343 e. The maximum atomic E-state index is 13.3. The standard InChI is InChI=1S/C54H104O5/c1-4-7-10-13-15-17-19-21-23-25-27-29-33-37-42-47-51(55)50(45-40-12-9-6-3)46-41-36-32-31-35-39-44-49-54(59,53(57)58)52(56)48-43-38-34-30-28-26-24-22-20-18-16-14-11-8-5-2/h50,59H,4-49H2,1-3H3,(H,57,58). The SMILES string of the molecule is CCCCCCCCCCCCCCCCCC(=O)C(CCCCCC)CCCCCCCCCC(O)(C(=O)O)C(=O)CCCCCCCCCCCCCCCCC. The molecule has 0 saturated carbocycles. The summed E-state index contributed by atoms with van der Waals surface area (Å²) >= 11 is 0. The minimum absolute atomic E-state index is 0.0150. The minimum atomic E-state index is -2.24. The van der Waals surface area contributed by atoms with E-state index in [4.69, 9.17) is 0 Å². The Labute approximate surface area is 368 Å². The highest BCUT2D eigenvalue weighted by Crippen LogP contribution is 2.25. The number of Topliss-reactive ketones (excluding diaryl/α,β-unsaturated/α-hetero) is 2. The lowest BCUT2D eigenvalue weighted by Crippen LogP contribution is -2.46. The van der Waals surface area contributed by atoms with Gasteiger partial charge in [0.05, 0.1) is 0 Å². The van der Waals surface area contributed by atoms with Gasteiger partial charge in [-0.25, -0.2) is 4.79 Å². The Morgan fingerprint density at radius 3 is 0.932 bits per heavy atom. The molecule has 59 heavy (non-hydrogen) atoms. The Bertz CT molecular complexity index is 916. The molecule has 0 aromatic heterocycles. The molecule has 0 fully saturated rings. The van der Waals surface area contributed by atoms with Crippen molar-refractivity contribution in [1.29, 1.82) is 0 Å². The number of hydrogen-bond acceptors (Lipinski definition) is 4. The van der Waals surface area contributed by atoms with Crippen molar-refractivity contribution in [2.45, 2.75) is 322 Å². The molecule has 0 aliphatic rings. The average Bonchev–Trinajstić information content (AvgIpc) is 3.23. The van der Waals surface area contributed by atoms with E-state index in [9.17, 15) is 24.6 Å². The van der Waals surface area contributed by atoms with Crippen LogP contribution in [-0.2, 0) is 14.4 Å². The molecule has 2 N–H and O–H groups in total. The van der Waals surface area contributed by atoms with Crippen LogP contribution in [0.5, 0.6) is 0 Å². The largest absolute Gasteiger partial charge is 0.479 e. The van der Waals surface area contributed by atoms with Gasteiger partial charge in [-0.1, -0.05) is 265 Å². The van der Waals surface area contributed by atoms with E-state index in [1.807, 2.05) is 0 Å². The van der Waals surface area contributed by atoms with E-state index >= 15 is 0 Å². The third kappa shape index (κ3) is 37.1. The van der Waals surface area contributed by atoms with Crippen LogP contribution in [0.3, 0.4) is 0 Å². The van der Waals surface area contributed by atoms with Crippen molar-refractivity contribution in [2.75, 3.05) is 0 Å². The fourth-order valence-corrected chi connectivity index (χ4v) is 9.04. The zero-order valence-electron chi connectivity index (χ0n) is 40.2. The van der Waals surface area contributed by atoms with Gasteiger partial charge in [-0.3, -0.25) is 9.59 Å². The quantitative estimate of drug-likeness (QED) is 0.0470. The first-order valence-corrected chi connectivity index (χ1v) is 26.8. The van der Waals surface area contributed by atoms with Crippen LogP contribution in [0, 0.1) is 5.92 Å². The molecule has 0 aliphatic heterocycles. The molecule has 5 heteroatoms. The molecule has 2 unspecified atom stereocenters. The van der Waals surface area contributed by atoms with Crippen LogP contribution < -0.4 is 0 Å². The highest BCUT2D eigenvalue weighted by Gasteiger charge is 2.42. The fraction of sp³-hybridized carbons (Fsp3) is 0.944. The molecule has 0 aromatic carbocycles. The van der Waals surface area contributed by atoms with Gasteiger partial charge in [0.1, 0.15) is 5.78 Å². The van der Waals surface area contributed by atoms with Gasteiger partial charge < -0.3 is 10.2 Å². The summed E-state index contributed by atoms with van der Waals surface area (Å²) < 4.78 is 0. The van der Waals surface area contributed by atoms with E-state index in [1.54, 1.807) is 0 Å². The molecule has 5 nitrogen and oxygen atoms in total. The predicted octanol–water partition coefficient (Wildman–Crippen LogP) is 17.6. The van der Waals surface area contributed by atoms with Crippen LogP contribution in [0.25, 0.3) is 0 Å². The van der Waals surface area contributed by atoms with Crippen LogP contribution in [0.4, 0.5) is 0 Å². The van der Waals surface area contributed by atoms with Gasteiger partial charge >= 0.3 is 5.97 Å². The highest BCUT2D eigenvalue weighted by molar-refractivity contribution is 6.06. The van der Waals surface area contributed by atoms with E-state index in [0.717, 1.165) is 77.0 Å². The van der Waals surface area contributed by atoms with Crippen LogP contribution in [0.1, 0.15) is 316 Å². The van der Waals surface area contributed by atoms with E-state index in [0.29, 0.717) is 18.6 Å². The van der Waals surface area contributed by atoms with Gasteiger partial charge in [0.25, 0.3) is 0 Å². The molecule has 0 heterocycles. The number of carboxylic acid groups (broad SMARTS) is 1. The Kier molecular flexibility index (Phi) is 43.9. The number of unbranched alkanes of at least 4 members (excludes halogenated alkanes) is 37. The zero-order valence-corrected chi connectivity index (χ0v) is 40.2. The summed E-state index contributed by atoms with van der Waals surface area (Å²) in [6, 6.07) is 0. The zero-order chi connectivity index (χ0) is 43.3. The van der Waals surface area contributed by atoms with E-state index in [-0.39, 0.29) is 18.8 Å². The summed E-state index contributed by atoms with van der Waals surface area (Å²) in [5.74, 6) is -1.16. The van der Waals surface area contributed by atoms with Crippen LogP contribution in [0.2, 0.25) is 0 Å². The monoisotopic (exact) mass is 833 g/mol. The first kappa shape index (κ1) is 57.8. The molecule has 0 rings (SSSR count). The molecule has 350 valence electrons. The second-order valence-electron chi connectivity index (χ2n) is 19.0. The van der Waals surface area contributed by atoms with Gasteiger partial charge in [0.2, 0.25) is 5.60 Å². The molecule has 0 aromatic rings. The average molecular weight is 833 g/mol. The lowest BCUT2D eigenvalue weighted by Gasteiger charge is -2.22. The van der Waals surface area contributed by atoms with E-state index < -0.39 is 17.4 Å². The molecule has 0 amide bonds. The molecule has 0 bridgehead atoms. The number of aliphatic hydroxyl groups is 1. The maximum Gasteiger partial charge on any atom is 0.343 e. The second kappa shape index (κ2) is 44.8. The number of carbonyl (C=O) groups excluding carboxylic acids is 2. The molecule has 0 saturated heterocycles. The molecule has 0 spiro atoms. The highest BCUT2D eigenvalue weighted by atomic mass is 16.4. The van der Waals surface area contributed by atoms with Crippen molar-refractivity contribution in [2.24, 2.45) is 5.92 Å². The lowest BCUT2D eigenvalue weighted by molar-refractivity contribution is -0.166.